The van der Waals surface area contributed by atoms with E-state index in [2.05, 4.69) is 20.8 Å². The van der Waals surface area contributed by atoms with Gasteiger partial charge in [0.05, 0.1) is 5.41 Å². The van der Waals surface area contributed by atoms with E-state index in [4.69, 9.17) is 4.74 Å². The van der Waals surface area contributed by atoms with E-state index in [1.165, 1.54) is 12.8 Å². The summed E-state index contributed by atoms with van der Waals surface area (Å²) < 4.78 is 5.61. The van der Waals surface area contributed by atoms with Gasteiger partial charge in [-0.2, -0.15) is 0 Å². The molecule has 0 bridgehead atoms. The predicted octanol–water partition coefficient (Wildman–Crippen LogP) is 3.54. The summed E-state index contributed by atoms with van der Waals surface area (Å²) in [5, 5.41) is 0. The first-order valence-electron chi connectivity index (χ1n) is 6.79. The maximum Gasteiger partial charge on any atom is 0.312 e. The van der Waals surface area contributed by atoms with Gasteiger partial charge in [0.15, 0.2) is 0 Å². The molecule has 0 amide bonds. The fraction of sp³-hybridized carbons (Fsp3) is 0.929. The van der Waals surface area contributed by atoms with Crippen molar-refractivity contribution < 1.29 is 9.53 Å². The van der Waals surface area contributed by atoms with Gasteiger partial charge in [-0.05, 0) is 32.1 Å². The van der Waals surface area contributed by atoms with Crippen LogP contribution in [-0.2, 0) is 9.53 Å². The third kappa shape index (κ3) is 1.87. The Morgan fingerprint density at radius 3 is 2.88 bits per heavy atom. The Morgan fingerprint density at radius 1 is 1.44 bits per heavy atom. The highest BCUT2D eigenvalue weighted by molar-refractivity contribution is 5.79. The maximum atomic E-state index is 12.1. The van der Waals surface area contributed by atoms with Gasteiger partial charge in [-0.15, -0.1) is 0 Å². The highest BCUT2D eigenvalue weighted by Gasteiger charge is 2.54. The van der Waals surface area contributed by atoms with Crippen LogP contribution >= 0.6 is 0 Å². The molecule has 0 N–H and O–H groups in total. The van der Waals surface area contributed by atoms with Gasteiger partial charge in [0.2, 0.25) is 0 Å². The zero-order chi connectivity index (χ0) is 11.8. The molecule has 0 spiro atoms. The van der Waals surface area contributed by atoms with E-state index in [1.807, 2.05) is 0 Å². The normalized spacial score (nSPS) is 42.9. The Morgan fingerprint density at radius 2 is 2.19 bits per heavy atom. The molecule has 1 heterocycles. The highest BCUT2D eigenvalue weighted by Crippen LogP contribution is 2.50. The van der Waals surface area contributed by atoms with Crippen molar-refractivity contribution >= 4 is 5.97 Å². The molecule has 0 radical (unpaired) electrons. The molecule has 2 unspecified atom stereocenters. The van der Waals surface area contributed by atoms with Crippen LogP contribution < -0.4 is 0 Å². The van der Waals surface area contributed by atoms with E-state index < -0.39 is 0 Å². The number of unbranched alkanes of at least 4 members (excludes halogenated alkanes) is 1. The summed E-state index contributed by atoms with van der Waals surface area (Å²) in [4.78, 5) is 12.1. The van der Waals surface area contributed by atoms with Crippen LogP contribution in [0.25, 0.3) is 0 Å². The van der Waals surface area contributed by atoms with E-state index in [0.717, 1.165) is 31.6 Å². The van der Waals surface area contributed by atoms with Crippen molar-refractivity contribution in [1.29, 1.82) is 0 Å². The molecule has 2 aliphatic rings. The first-order chi connectivity index (χ1) is 7.58. The monoisotopic (exact) mass is 224 g/mol. The number of esters is 1. The minimum absolute atomic E-state index is 0.0741. The summed E-state index contributed by atoms with van der Waals surface area (Å²) in [6.07, 6.45) is 7.06. The molecule has 2 fully saturated rings. The van der Waals surface area contributed by atoms with E-state index in [9.17, 15) is 4.79 Å². The summed E-state index contributed by atoms with van der Waals surface area (Å²) >= 11 is 0. The molecule has 1 saturated heterocycles. The second-order valence-electron chi connectivity index (χ2n) is 5.99. The Balaban J connectivity index is 2.10. The Kier molecular flexibility index (Phi) is 3.27. The SMILES string of the molecule is CCCC[C@@]1(C)C(=O)OC2C[C@H](C)CCC21. The van der Waals surface area contributed by atoms with Crippen molar-refractivity contribution in [1.82, 2.24) is 0 Å². The van der Waals surface area contributed by atoms with Crippen LogP contribution in [0, 0.1) is 17.3 Å². The first-order valence-corrected chi connectivity index (χ1v) is 6.79. The summed E-state index contributed by atoms with van der Waals surface area (Å²) in [5.74, 6) is 1.29. The van der Waals surface area contributed by atoms with Crippen LogP contribution in [0.2, 0.25) is 0 Å². The van der Waals surface area contributed by atoms with Gasteiger partial charge >= 0.3 is 5.97 Å². The zero-order valence-corrected chi connectivity index (χ0v) is 10.8. The second kappa shape index (κ2) is 4.38. The molecule has 92 valence electrons. The molecule has 2 nitrogen and oxygen atoms in total. The average molecular weight is 224 g/mol. The quantitative estimate of drug-likeness (QED) is 0.685. The van der Waals surface area contributed by atoms with Crippen molar-refractivity contribution in [3.8, 4) is 0 Å². The number of hydrogen-bond acceptors (Lipinski definition) is 2. The van der Waals surface area contributed by atoms with Gasteiger partial charge in [0.25, 0.3) is 0 Å². The van der Waals surface area contributed by atoms with Crippen LogP contribution in [0.4, 0.5) is 0 Å². The van der Waals surface area contributed by atoms with Crippen molar-refractivity contribution in [2.24, 2.45) is 17.3 Å². The summed E-state index contributed by atoms with van der Waals surface area (Å²) in [5.41, 5.74) is -0.180. The molecule has 16 heavy (non-hydrogen) atoms. The topological polar surface area (TPSA) is 26.3 Å². The minimum atomic E-state index is -0.180. The van der Waals surface area contributed by atoms with E-state index >= 15 is 0 Å². The number of hydrogen-bond donors (Lipinski definition) is 0. The number of carbonyl (C=O) groups excluding carboxylic acids is 1. The van der Waals surface area contributed by atoms with Crippen molar-refractivity contribution in [3.63, 3.8) is 0 Å². The average Bonchev–Trinajstić information content (AvgIpc) is 2.48. The van der Waals surface area contributed by atoms with Crippen LogP contribution in [0.1, 0.15) is 59.3 Å². The van der Waals surface area contributed by atoms with Crippen LogP contribution in [0.5, 0.6) is 0 Å². The smallest absolute Gasteiger partial charge is 0.312 e. The zero-order valence-electron chi connectivity index (χ0n) is 10.8. The second-order valence-corrected chi connectivity index (χ2v) is 5.99. The van der Waals surface area contributed by atoms with Crippen LogP contribution in [-0.4, -0.2) is 12.1 Å². The number of rotatable bonds is 3. The van der Waals surface area contributed by atoms with Gasteiger partial charge in [-0.1, -0.05) is 33.1 Å². The minimum Gasteiger partial charge on any atom is -0.462 e. The lowest BCUT2D eigenvalue weighted by Gasteiger charge is -2.34. The Labute approximate surface area is 98.7 Å². The summed E-state index contributed by atoms with van der Waals surface area (Å²) in [6, 6.07) is 0. The predicted molar refractivity (Wildman–Crippen MR) is 64.0 cm³/mol. The Bertz CT molecular complexity index is 274. The fourth-order valence-corrected chi connectivity index (χ4v) is 3.44. The van der Waals surface area contributed by atoms with E-state index in [-0.39, 0.29) is 17.5 Å². The van der Waals surface area contributed by atoms with Gasteiger partial charge in [0.1, 0.15) is 6.10 Å². The molecule has 0 aromatic rings. The summed E-state index contributed by atoms with van der Waals surface area (Å²) in [7, 11) is 0. The number of ether oxygens (including phenoxy) is 1. The number of fused-ring (bicyclic) bond motifs is 1. The maximum absolute atomic E-state index is 12.1. The van der Waals surface area contributed by atoms with Crippen molar-refractivity contribution in [3.05, 3.63) is 0 Å². The van der Waals surface area contributed by atoms with Crippen molar-refractivity contribution in [2.45, 2.75) is 65.4 Å². The first kappa shape index (κ1) is 11.9. The summed E-state index contributed by atoms with van der Waals surface area (Å²) in [6.45, 7) is 6.58. The van der Waals surface area contributed by atoms with Crippen LogP contribution in [0.15, 0.2) is 0 Å². The van der Waals surface area contributed by atoms with Gasteiger partial charge in [0, 0.05) is 5.92 Å². The van der Waals surface area contributed by atoms with Crippen molar-refractivity contribution in [2.75, 3.05) is 0 Å². The Hall–Kier alpha value is -0.530. The van der Waals surface area contributed by atoms with Crippen LogP contribution in [0.3, 0.4) is 0 Å². The van der Waals surface area contributed by atoms with E-state index in [0.29, 0.717) is 5.92 Å². The number of carbonyl (C=O) groups is 1. The third-order valence-electron chi connectivity index (χ3n) is 4.65. The molecule has 0 aromatic carbocycles. The molecule has 2 heteroatoms. The lowest BCUT2D eigenvalue weighted by Crippen LogP contribution is -2.35. The molecule has 1 aliphatic heterocycles. The van der Waals surface area contributed by atoms with Gasteiger partial charge in [-0.3, -0.25) is 4.79 Å². The highest BCUT2D eigenvalue weighted by atomic mass is 16.6. The lowest BCUT2D eigenvalue weighted by molar-refractivity contribution is -0.148. The van der Waals surface area contributed by atoms with Gasteiger partial charge in [-0.25, -0.2) is 0 Å². The molecule has 0 aromatic heterocycles. The third-order valence-corrected chi connectivity index (χ3v) is 4.65. The standard InChI is InChI=1S/C14H24O2/c1-4-5-8-14(3)11-7-6-10(2)9-12(11)16-13(14)15/h10-12H,4-9H2,1-3H3/t10-,11?,12?,14-/m1/s1. The molecule has 4 atom stereocenters. The van der Waals surface area contributed by atoms with Gasteiger partial charge < -0.3 is 4.74 Å². The molecule has 1 saturated carbocycles. The lowest BCUT2D eigenvalue weighted by atomic mass is 9.66. The molecule has 1 aliphatic carbocycles. The molecular weight excluding hydrogens is 200 g/mol. The molecule has 2 rings (SSSR count). The largest absolute Gasteiger partial charge is 0.462 e. The fourth-order valence-electron chi connectivity index (χ4n) is 3.44. The molecular formula is C14H24O2. The van der Waals surface area contributed by atoms with E-state index in [1.54, 1.807) is 0 Å².